The number of nitrogens with zero attached hydrogens (tertiary/aromatic N) is 2. The molecule has 4 nitrogen and oxygen atoms in total. The van der Waals surface area contributed by atoms with Crippen molar-refractivity contribution in [1.82, 2.24) is 10.3 Å². The van der Waals surface area contributed by atoms with Gasteiger partial charge in [-0.25, -0.2) is 0 Å². The van der Waals surface area contributed by atoms with Crippen molar-refractivity contribution in [3.8, 4) is 11.5 Å². The van der Waals surface area contributed by atoms with Gasteiger partial charge in [0, 0.05) is 12.1 Å². The van der Waals surface area contributed by atoms with Gasteiger partial charge in [-0.2, -0.15) is 0 Å². The van der Waals surface area contributed by atoms with Crippen molar-refractivity contribution in [3.63, 3.8) is 0 Å². The molecule has 0 spiro atoms. The highest BCUT2D eigenvalue weighted by molar-refractivity contribution is 5.48. The lowest BCUT2D eigenvalue weighted by Gasteiger charge is -1.79. The van der Waals surface area contributed by atoms with Crippen molar-refractivity contribution in [2.45, 2.75) is 13.8 Å². The third-order valence-corrected chi connectivity index (χ3v) is 1.13. The number of hydrogen-bond donors (Lipinski definition) is 0. The van der Waals surface area contributed by atoms with Gasteiger partial charge in [0.25, 0.3) is 0 Å². The van der Waals surface area contributed by atoms with E-state index in [0.29, 0.717) is 11.5 Å². The van der Waals surface area contributed by atoms with E-state index in [0.717, 1.165) is 0 Å². The van der Waals surface area contributed by atoms with Crippen molar-refractivity contribution in [2.24, 2.45) is 0 Å². The Morgan fingerprint density at radius 3 is 2.58 bits per heavy atom. The van der Waals surface area contributed by atoms with Crippen LogP contribution in [0.1, 0.15) is 13.8 Å². The van der Waals surface area contributed by atoms with E-state index >= 15 is 0 Å². The van der Waals surface area contributed by atoms with Crippen LogP contribution >= 0.6 is 0 Å². The first kappa shape index (κ1) is 8.52. The van der Waals surface area contributed by atoms with Crippen LogP contribution in [0, 0.1) is 0 Å². The molecule has 4 heteroatoms. The van der Waals surface area contributed by atoms with Crippen LogP contribution in [0.25, 0.3) is 11.5 Å². The molecule has 0 aliphatic heterocycles. The van der Waals surface area contributed by atoms with Gasteiger partial charge in [0.2, 0.25) is 0 Å². The van der Waals surface area contributed by atoms with Crippen molar-refractivity contribution < 1.29 is 9.05 Å². The van der Waals surface area contributed by atoms with Crippen LogP contribution in [-0.2, 0) is 0 Å². The Morgan fingerprint density at radius 1 is 1.25 bits per heavy atom. The molecule has 64 valence electrons. The zero-order chi connectivity index (χ0) is 8.81. The van der Waals surface area contributed by atoms with E-state index in [4.69, 9.17) is 4.52 Å². The average molecular weight is 166 g/mol. The Morgan fingerprint density at radius 2 is 2.08 bits per heavy atom. The molecule has 0 N–H and O–H groups in total. The predicted molar refractivity (Wildman–Crippen MR) is 43.3 cm³/mol. The smallest absolute Gasteiger partial charge is 0.188 e. The minimum absolute atomic E-state index is 0.619. The molecule has 0 aromatic carbocycles. The summed E-state index contributed by atoms with van der Waals surface area (Å²) in [7, 11) is 0. The molecule has 0 fully saturated rings. The highest BCUT2D eigenvalue weighted by Crippen LogP contribution is 2.14. The van der Waals surface area contributed by atoms with E-state index in [2.05, 4.69) is 14.8 Å². The lowest BCUT2D eigenvalue weighted by molar-refractivity contribution is 0.406. The van der Waals surface area contributed by atoms with Crippen LogP contribution in [0.3, 0.4) is 0 Å². The monoisotopic (exact) mass is 166 g/mol. The fraction of sp³-hybridized carbons (Fsp3) is 0.250. The highest BCUT2D eigenvalue weighted by atomic mass is 16.5. The molecule has 0 saturated heterocycles. The molecular formula is C8H10N2O2. The van der Waals surface area contributed by atoms with E-state index < -0.39 is 0 Å². The molecule has 0 radical (unpaired) electrons. The van der Waals surface area contributed by atoms with Gasteiger partial charge in [-0.15, -0.1) is 0 Å². The third-order valence-electron chi connectivity index (χ3n) is 1.13. The lowest BCUT2D eigenvalue weighted by atomic mass is 10.3. The van der Waals surface area contributed by atoms with Crippen molar-refractivity contribution in [1.29, 1.82) is 0 Å². The minimum atomic E-state index is 0.619. The second-order valence-corrected chi connectivity index (χ2v) is 1.76. The molecule has 0 aliphatic carbocycles. The van der Waals surface area contributed by atoms with Crippen LogP contribution < -0.4 is 0 Å². The summed E-state index contributed by atoms with van der Waals surface area (Å²) in [6, 6.07) is 3.43. The maximum Gasteiger partial charge on any atom is 0.188 e. The van der Waals surface area contributed by atoms with Gasteiger partial charge in [-0.3, -0.25) is 0 Å². The lowest BCUT2D eigenvalue weighted by Crippen LogP contribution is -1.68. The standard InChI is InChI=1S/C6H4N2O2.C2H6/c1-3-7-10-6(1)5-2-4-9-8-5;1-2/h1-4H;1-2H3. The first-order valence-corrected chi connectivity index (χ1v) is 3.78. The maximum absolute atomic E-state index is 4.81. The first-order valence-electron chi connectivity index (χ1n) is 3.78. The molecule has 2 rings (SSSR count). The topological polar surface area (TPSA) is 52.1 Å². The number of aromatic nitrogens is 2. The highest BCUT2D eigenvalue weighted by Gasteiger charge is 2.02. The molecule has 2 aromatic heterocycles. The van der Waals surface area contributed by atoms with Crippen molar-refractivity contribution in [2.75, 3.05) is 0 Å². The summed E-state index contributed by atoms with van der Waals surface area (Å²) in [5.41, 5.74) is 0.664. The second-order valence-electron chi connectivity index (χ2n) is 1.76. The summed E-state index contributed by atoms with van der Waals surface area (Å²) >= 11 is 0. The Hall–Kier alpha value is -1.58. The van der Waals surface area contributed by atoms with Crippen LogP contribution in [-0.4, -0.2) is 10.3 Å². The third kappa shape index (κ3) is 1.72. The zero-order valence-electron chi connectivity index (χ0n) is 7.02. The summed E-state index contributed by atoms with van der Waals surface area (Å²) in [4.78, 5) is 0. The molecule has 0 unspecified atom stereocenters. The van der Waals surface area contributed by atoms with Gasteiger partial charge in [0.15, 0.2) is 11.5 Å². The minimum Gasteiger partial charge on any atom is -0.364 e. The molecule has 0 atom stereocenters. The predicted octanol–water partition coefficient (Wildman–Crippen LogP) is 2.36. The van der Waals surface area contributed by atoms with Crippen LogP contribution in [0.2, 0.25) is 0 Å². The van der Waals surface area contributed by atoms with Crippen molar-refractivity contribution >= 4 is 0 Å². The zero-order valence-corrected chi connectivity index (χ0v) is 7.02. The molecule has 0 saturated carbocycles. The fourth-order valence-electron chi connectivity index (χ4n) is 0.688. The summed E-state index contributed by atoms with van der Waals surface area (Å²) in [5, 5.41) is 7.17. The van der Waals surface area contributed by atoms with Crippen LogP contribution in [0.4, 0.5) is 0 Å². The van der Waals surface area contributed by atoms with E-state index in [1.807, 2.05) is 13.8 Å². The van der Waals surface area contributed by atoms with Gasteiger partial charge in [-0.05, 0) is 0 Å². The van der Waals surface area contributed by atoms with Gasteiger partial charge in [0.05, 0.1) is 6.20 Å². The summed E-state index contributed by atoms with van der Waals surface area (Å²) in [6.45, 7) is 4.00. The van der Waals surface area contributed by atoms with E-state index in [1.54, 1.807) is 18.3 Å². The largest absolute Gasteiger partial charge is 0.364 e. The summed E-state index contributed by atoms with van der Waals surface area (Å²) in [6.07, 6.45) is 3.04. The molecule has 0 aliphatic rings. The fourth-order valence-corrected chi connectivity index (χ4v) is 0.688. The van der Waals surface area contributed by atoms with Gasteiger partial charge < -0.3 is 9.05 Å². The van der Waals surface area contributed by atoms with Crippen molar-refractivity contribution in [3.05, 3.63) is 24.6 Å². The van der Waals surface area contributed by atoms with E-state index in [-0.39, 0.29) is 0 Å². The molecule has 2 aromatic rings. The Kier molecular flexibility index (Phi) is 3.07. The normalized spacial score (nSPS) is 8.83. The van der Waals surface area contributed by atoms with Crippen LogP contribution in [0.5, 0.6) is 0 Å². The maximum atomic E-state index is 4.81. The van der Waals surface area contributed by atoms with Gasteiger partial charge >= 0.3 is 0 Å². The Bertz CT molecular complexity index is 254. The first-order chi connectivity index (χ1) is 5.97. The molecule has 0 bridgehead atoms. The quantitative estimate of drug-likeness (QED) is 0.652. The Balaban J connectivity index is 0.000000336. The second kappa shape index (κ2) is 4.33. The van der Waals surface area contributed by atoms with Gasteiger partial charge in [-0.1, -0.05) is 24.2 Å². The van der Waals surface area contributed by atoms with E-state index in [9.17, 15) is 0 Å². The number of rotatable bonds is 1. The molecule has 12 heavy (non-hydrogen) atoms. The van der Waals surface area contributed by atoms with Gasteiger partial charge in [0.1, 0.15) is 6.26 Å². The molecule has 2 heterocycles. The summed E-state index contributed by atoms with van der Waals surface area (Å²) < 4.78 is 9.41. The summed E-state index contributed by atoms with van der Waals surface area (Å²) in [5.74, 6) is 0.619. The SMILES string of the molecule is CC.c1cc(-c2ccon2)on1. The van der Waals surface area contributed by atoms with E-state index in [1.165, 1.54) is 6.26 Å². The molecule has 0 amide bonds. The Labute approximate surface area is 70.2 Å². The van der Waals surface area contributed by atoms with Crippen LogP contribution in [0.15, 0.2) is 33.6 Å². The molecular weight excluding hydrogens is 156 g/mol. The average Bonchev–Trinajstić information content (AvgIpc) is 2.80. The number of hydrogen-bond acceptors (Lipinski definition) is 4.